The molecule has 1 atom stereocenters. The molecule has 1 aliphatic heterocycles. The minimum Gasteiger partial charge on any atom is -0.347 e. The van der Waals surface area contributed by atoms with Crippen LogP contribution >= 0.6 is 11.3 Å². The zero-order valence-corrected chi connectivity index (χ0v) is 19.7. The van der Waals surface area contributed by atoms with Crippen LogP contribution in [0, 0.1) is 0 Å². The number of carbonyl (C=O) groups excluding carboxylic acids is 1. The molecule has 5 aromatic rings. The molecule has 1 amide bonds. The second-order valence-electron chi connectivity index (χ2n) is 8.58. The first-order chi connectivity index (χ1) is 16.7. The highest BCUT2D eigenvalue weighted by Crippen LogP contribution is 2.38. The topological polar surface area (TPSA) is 64.2 Å². The van der Waals surface area contributed by atoms with E-state index in [1.54, 1.807) is 11.3 Å². The van der Waals surface area contributed by atoms with Crippen LogP contribution in [-0.4, -0.2) is 32.1 Å². The van der Waals surface area contributed by atoms with E-state index in [0.29, 0.717) is 12.4 Å². The summed E-state index contributed by atoms with van der Waals surface area (Å²) in [5.41, 5.74) is 5.29. The van der Waals surface area contributed by atoms with Gasteiger partial charge in [0, 0.05) is 40.6 Å². The summed E-state index contributed by atoms with van der Waals surface area (Å²) in [5, 5.41) is 7.13. The van der Waals surface area contributed by atoms with Gasteiger partial charge in [-0.3, -0.25) is 4.79 Å². The summed E-state index contributed by atoms with van der Waals surface area (Å²) >= 11 is 1.75. The van der Waals surface area contributed by atoms with Gasteiger partial charge in [-0.2, -0.15) is 4.98 Å². The first-order valence-electron chi connectivity index (χ1n) is 11.5. The van der Waals surface area contributed by atoms with E-state index in [1.165, 1.54) is 16.8 Å². The molecule has 3 aromatic heterocycles. The molecule has 0 saturated heterocycles. The summed E-state index contributed by atoms with van der Waals surface area (Å²) in [6.07, 6.45) is 4.98. The van der Waals surface area contributed by atoms with E-state index in [-0.39, 0.29) is 11.9 Å². The van der Waals surface area contributed by atoms with E-state index < -0.39 is 0 Å². The fourth-order valence-electron chi connectivity index (χ4n) is 5.02. The van der Waals surface area contributed by atoms with Gasteiger partial charge in [0.05, 0.1) is 11.6 Å². The van der Waals surface area contributed by atoms with Crippen LogP contribution in [0.4, 0.5) is 0 Å². The van der Waals surface area contributed by atoms with Crippen molar-refractivity contribution < 1.29 is 9.32 Å². The van der Waals surface area contributed by atoms with Gasteiger partial charge in [0.1, 0.15) is 0 Å². The monoisotopic (exact) mass is 468 g/mol. The van der Waals surface area contributed by atoms with Gasteiger partial charge >= 0.3 is 0 Å². The number of aryl methyl sites for hydroxylation is 1. The maximum absolute atomic E-state index is 14.0. The Bertz CT molecular complexity index is 1470. The van der Waals surface area contributed by atoms with Crippen molar-refractivity contribution in [2.75, 3.05) is 6.54 Å². The minimum atomic E-state index is -0.0134. The van der Waals surface area contributed by atoms with Gasteiger partial charge in [-0.1, -0.05) is 41.6 Å². The van der Waals surface area contributed by atoms with Crippen molar-refractivity contribution in [2.45, 2.75) is 32.4 Å². The number of carbonyl (C=O) groups is 1. The molecule has 1 aliphatic rings. The van der Waals surface area contributed by atoms with Gasteiger partial charge in [0.15, 0.2) is 0 Å². The first-order valence-corrected chi connectivity index (χ1v) is 12.4. The molecule has 7 heteroatoms. The second kappa shape index (κ2) is 8.57. The quantitative estimate of drug-likeness (QED) is 0.329. The molecule has 34 heavy (non-hydrogen) atoms. The van der Waals surface area contributed by atoms with Crippen LogP contribution in [0.1, 0.15) is 39.3 Å². The molecule has 0 fully saturated rings. The standard InChI is InChI=1S/C27H24N4O2S/c1-2-30-16-22(21-8-3-4-9-23(21)30)27(32)31-12-10-19-11-13-34-25(19)24(31)15-18-6-5-7-20(14-18)26-28-17-33-29-26/h3-9,11,13-14,16-17,24H,2,10,12,15H2,1H3. The van der Waals surface area contributed by atoms with Crippen LogP contribution < -0.4 is 0 Å². The Hall–Kier alpha value is -3.71. The predicted molar refractivity (Wildman–Crippen MR) is 133 cm³/mol. The second-order valence-corrected chi connectivity index (χ2v) is 9.53. The lowest BCUT2D eigenvalue weighted by atomic mass is 9.94. The average Bonchev–Trinajstić information content (AvgIpc) is 3.64. The lowest BCUT2D eigenvalue weighted by Gasteiger charge is -2.36. The number of nitrogens with zero attached hydrogens (tertiary/aromatic N) is 4. The van der Waals surface area contributed by atoms with Crippen LogP contribution in [-0.2, 0) is 19.4 Å². The van der Waals surface area contributed by atoms with Crippen molar-refractivity contribution >= 4 is 28.1 Å². The van der Waals surface area contributed by atoms with Crippen molar-refractivity contribution in [2.24, 2.45) is 0 Å². The number of hydrogen-bond donors (Lipinski definition) is 0. The van der Waals surface area contributed by atoms with E-state index in [4.69, 9.17) is 4.52 Å². The predicted octanol–water partition coefficient (Wildman–Crippen LogP) is 5.76. The SMILES string of the molecule is CCn1cc(C(=O)N2CCc3ccsc3C2Cc2cccc(-c3ncon3)c2)c2ccccc21. The van der Waals surface area contributed by atoms with Crippen molar-refractivity contribution in [3.8, 4) is 11.4 Å². The van der Waals surface area contributed by atoms with Crippen LogP contribution in [0.3, 0.4) is 0 Å². The van der Waals surface area contributed by atoms with Gasteiger partial charge < -0.3 is 14.0 Å². The van der Waals surface area contributed by atoms with E-state index in [9.17, 15) is 4.79 Å². The van der Waals surface area contributed by atoms with Crippen molar-refractivity contribution in [1.82, 2.24) is 19.6 Å². The number of benzene rings is 2. The lowest BCUT2D eigenvalue weighted by Crippen LogP contribution is -2.40. The van der Waals surface area contributed by atoms with E-state index in [1.807, 2.05) is 30.5 Å². The zero-order valence-electron chi connectivity index (χ0n) is 18.8. The molecule has 0 bridgehead atoms. The van der Waals surface area contributed by atoms with Gasteiger partial charge in [0.2, 0.25) is 12.2 Å². The lowest BCUT2D eigenvalue weighted by molar-refractivity contribution is 0.0666. The minimum absolute atomic E-state index is 0.0134. The molecule has 6 rings (SSSR count). The van der Waals surface area contributed by atoms with Crippen molar-refractivity contribution in [1.29, 1.82) is 0 Å². The normalized spacial score (nSPS) is 15.6. The number of thiophene rings is 1. The summed E-state index contributed by atoms with van der Waals surface area (Å²) in [6, 6.07) is 18.6. The van der Waals surface area contributed by atoms with Gasteiger partial charge in [-0.15, -0.1) is 11.3 Å². The largest absolute Gasteiger partial charge is 0.347 e. The molecule has 1 unspecified atom stereocenters. The Balaban J connectivity index is 1.38. The molecule has 2 aromatic carbocycles. The smallest absolute Gasteiger partial charge is 0.256 e. The molecule has 0 saturated carbocycles. The molecule has 170 valence electrons. The molecule has 0 N–H and O–H groups in total. The number of amides is 1. The van der Waals surface area contributed by atoms with Crippen molar-refractivity contribution in [3.05, 3.63) is 94.1 Å². The number of para-hydroxylation sites is 1. The third-order valence-corrected chi connectivity index (χ3v) is 7.74. The molecule has 0 aliphatic carbocycles. The Morgan fingerprint density at radius 3 is 2.94 bits per heavy atom. The Labute approximate surface area is 201 Å². The maximum Gasteiger partial charge on any atom is 0.256 e. The first kappa shape index (κ1) is 20.9. The van der Waals surface area contributed by atoms with E-state index >= 15 is 0 Å². The highest BCUT2D eigenvalue weighted by atomic mass is 32.1. The fraction of sp³-hybridized carbons (Fsp3) is 0.222. The summed E-state index contributed by atoms with van der Waals surface area (Å²) < 4.78 is 7.08. The molecule has 0 radical (unpaired) electrons. The summed E-state index contributed by atoms with van der Waals surface area (Å²) in [4.78, 5) is 21.5. The highest BCUT2D eigenvalue weighted by Gasteiger charge is 2.33. The van der Waals surface area contributed by atoms with Crippen LogP contribution in [0.5, 0.6) is 0 Å². The third-order valence-electron chi connectivity index (χ3n) is 6.68. The Kier molecular flexibility index (Phi) is 5.26. The van der Waals surface area contributed by atoms with Crippen LogP contribution in [0.25, 0.3) is 22.3 Å². The van der Waals surface area contributed by atoms with Gasteiger partial charge in [-0.05, 0) is 54.5 Å². The number of fused-ring (bicyclic) bond motifs is 2. The zero-order chi connectivity index (χ0) is 23.1. The molecular formula is C27H24N4O2S. The number of aromatic nitrogens is 3. The van der Waals surface area contributed by atoms with Crippen LogP contribution in [0.15, 0.2) is 77.1 Å². The van der Waals surface area contributed by atoms with Gasteiger partial charge in [0.25, 0.3) is 5.91 Å². The molecule has 0 spiro atoms. The molecular weight excluding hydrogens is 444 g/mol. The number of rotatable bonds is 5. The van der Waals surface area contributed by atoms with Crippen molar-refractivity contribution in [3.63, 3.8) is 0 Å². The van der Waals surface area contributed by atoms with Gasteiger partial charge in [-0.25, -0.2) is 0 Å². The number of hydrogen-bond acceptors (Lipinski definition) is 5. The molecule has 4 heterocycles. The maximum atomic E-state index is 14.0. The molecule has 6 nitrogen and oxygen atoms in total. The summed E-state index contributed by atoms with van der Waals surface area (Å²) in [7, 11) is 0. The summed E-state index contributed by atoms with van der Waals surface area (Å²) in [6.45, 7) is 3.65. The Morgan fingerprint density at radius 1 is 1.18 bits per heavy atom. The fourth-order valence-corrected chi connectivity index (χ4v) is 6.09. The van der Waals surface area contributed by atoms with E-state index in [0.717, 1.165) is 47.0 Å². The average molecular weight is 469 g/mol. The highest BCUT2D eigenvalue weighted by molar-refractivity contribution is 7.10. The van der Waals surface area contributed by atoms with E-state index in [2.05, 4.69) is 62.2 Å². The van der Waals surface area contributed by atoms with Crippen LogP contribution in [0.2, 0.25) is 0 Å². The summed E-state index contributed by atoms with van der Waals surface area (Å²) in [5.74, 6) is 0.671. The third kappa shape index (κ3) is 3.53. The Morgan fingerprint density at radius 2 is 2.09 bits per heavy atom.